The molecule has 0 unspecified atom stereocenters. The molecule has 182 valence electrons. The van der Waals surface area contributed by atoms with E-state index in [4.69, 9.17) is 0 Å². The maximum atomic E-state index is 14.0. The zero-order valence-electron chi connectivity index (χ0n) is 21.3. The number of amides is 2. The van der Waals surface area contributed by atoms with Crippen molar-refractivity contribution in [2.24, 2.45) is 0 Å². The predicted molar refractivity (Wildman–Crippen MR) is 145 cm³/mol. The van der Waals surface area contributed by atoms with Gasteiger partial charge in [-0.15, -0.1) is 0 Å². The topological polar surface area (TPSA) is 40.6 Å². The van der Waals surface area contributed by atoms with Crippen LogP contribution in [-0.4, -0.2) is 49.8 Å². The molecule has 0 heterocycles. The Balaban J connectivity index is 1.74. The van der Waals surface area contributed by atoms with E-state index >= 15 is 0 Å². The SMILES string of the molecule is CN(C)C(=O)c1ccc(Cc2ccc(C(C(=O)N(C)C)(c3ccccc3)c3ccccc3)cc2)cc1. The normalized spacial score (nSPS) is 11.1. The summed E-state index contributed by atoms with van der Waals surface area (Å²) in [6, 6.07) is 36.0. The van der Waals surface area contributed by atoms with Crippen LogP contribution < -0.4 is 0 Å². The second-order valence-corrected chi connectivity index (χ2v) is 9.45. The molecule has 0 bridgehead atoms. The summed E-state index contributed by atoms with van der Waals surface area (Å²) < 4.78 is 0. The first-order chi connectivity index (χ1) is 17.3. The second kappa shape index (κ2) is 10.6. The summed E-state index contributed by atoms with van der Waals surface area (Å²) in [5.74, 6) is 0.00317. The fourth-order valence-corrected chi connectivity index (χ4v) is 4.71. The molecule has 0 aromatic heterocycles. The highest BCUT2D eigenvalue weighted by atomic mass is 16.2. The minimum absolute atomic E-state index is 0.00498. The highest BCUT2D eigenvalue weighted by Gasteiger charge is 2.44. The molecular formula is C32H32N2O2. The lowest BCUT2D eigenvalue weighted by molar-refractivity contribution is -0.132. The second-order valence-electron chi connectivity index (χ2n) is 9.45. The first-order valence-electron chi connectivity index (χ1n) is 12.1. The van der Waals surface area contributed by atoms with Gasteiger partial charge < -0.3 is 9.80 Å². The summed E-state index contributed by atoms with van der Waals surface area (Å²) in [5.41, 5.74) is 4.77. The predicted octanol–water partition coefficient (Wildman–Crippen LogP) is 5.40. The van der Waals surface area contributed by atoms with Crippen molar-refractivity contribution in [3.8, 4) is 0 Å². The van der Waals surface area contributed by atoms with Gasteiger partial charge in [-0.2, -0.15) is 0 Å². The third kappa shape index (κ3) is 4.80. The summed E-state index contributed by atoms with van der Waals surface area (Å²) >= 11 is 0. The summed E-state index contributed by atoms with van der Waals surface area (Å²) in [4.78, 5) is 29.4. The fourth-order valence-electron chi connectivity index (χ4n) is 4.71. The van der Waals surface area contributed by atoms with Gasteiger partial charge in [0.2, 0.25) is 5.91 Å². The molecule has 4 heteroatoms. The Kier molecular flexibility index (Phi) is 7.35. The van der Waals surface area contributed by atoms with E-state index < -0.39 is 5.41 Å². The molecule has 0 saturated carbocycles. The average Bonchev–Trinajstić information content (AvgIpc) is 2.91. The zero-order valence-corrected chi connectivity index (χ0v) is 21.3. The van der Waals surface area contributed by atoms with E-state index in [1.54, 1.807) is 23.9 Å². The van der Waals surface area contributed by atoms with Gasteiger partial charge >= 0.3 is 0 Å². The number of likely N-dealkylation sites (N-methyl/N-ethyl adjacent to an activating group) is 1. The maximum absolute atomic E-state index is 14.0. The molecule has 36 heavy (non-hydrogen) atoms. The van der Waals surface area contributed by atoms with Crippen LogP contribution in [0, 0.1) is 0 Å². The number of carbonyl (C=O) groups is 2. The molecule has 0 fully saturated rings. The molecule has 4 rings (SSSR count). The first-order valence-corrected chi connectivity index (χ1v) is 12.1. The minimum atomic E-state index is -0.960. The highest BCUT2D eigenvalue weighted by Crippen LogP contribution is 2.40. The molecule has 0 spiro atoms. The lowest BCUT2D eigenvalue weighted by atomic mass is 9.68. The molecule has 0 atom stereocenters. The van der Waals surface area contributed by atoms with Crippen LogP contribution >= 0.6 is 0 Å². The van der Waals surface area contributed by atoms with Crippen LogP contribution in [0.1, 0.15) is 38.2 Å². The number of hydrogen-bond acceptors (Lipinski definition) is 2. The molecule has 0 radical (unpaired) electrons. The number of carbonyl (C=O) groups excluding carboxylic acids is 2. The number of benzene rings is 4. The number of nitrogens with zero attached hydrogens (tertiary/aromatic N) is 2. The van der Waals surface area contributed by atoms with Crippen molar-refractivity contribution in [2.45, 2.75) is 11.8 Å². The van der Waals surface area contributed by atoms with Gasteiger partial charge in [0.15, 0.2) is 0 Å². The van der Waals surface area contributed by atoms with Gasteiger partial charge in [0.25, 0.3) is 5.91 Å². The molecule has 4 aromatic carbocycles. The molecule has 0 aliphatic carbocycles. The van der Waals surface area contributed by atoms with Crippen LogP contribution in [-0.2, 0) is 16.6 Å². The van der Waals surface area contributed by atoms with Gasteiger partial charge in [0.1, 0.15) is 5.41 Å². The molecule has 4 nitrogen and oxygen atoms in total. The van der Waals surface area contributed by atoms with E-state index in [1.165, 1.54) is 0 Å². The molecule has 2 amide bonds. The Morgan fingerprint density at radius 2 is 0.972 bits per heavy atom. The summed E-state index contributed by atoms with van der Waals surface area (Å²) in [6.45, 7) is 0. The van der Waals surface area contributed by atoms with Crippen LogP contribution in [0.5, 0.6) is 0 Å². The Bertz CT molecular complexity index is 1270. The third-order valence-corrected chi connectivity index (χ3v) is 6.54. The summed E-state index contributed by atoms with van der Waals surface area (Å²) in [6.07, 6.45) is 0.738. The Labute approximate surface area is 213 Å². The number of rotatable bonds is 7. The Hall–Kier alpha value is -4.18. The van der Waals surface area contributed by atoms with Gasteiger partial charge in [0, 0.05) is 33.8 Å². The van der Waals surface area contributed by atoms with Crippen molar-refractivity contribution in [2.75, 3.05) is 28.2 Å². The average molecular weight is 477 g/mol. The van der Waals surface area contributed by atoms with Crippen LogP contribution in [0.4, 0.5) is 0 Å². The van der Waals surface area contributed by atoms with Gasteiger partial charge in [-0.3, -0.25) is 9.59 Å². The van der Waals surface area contributed by atoms with Crippen molar-refractivity contribution < 1.29 is 9.59 Å². The van der Waals surface area contributed by atoms with E-state index in [0.29, 0.717) is 5.56 Å². The smallest absolute Gasteiger partial charge is 0.253 e. The number of hydrogen-bond donors (Lipinski definition) is 0. The van der Waals surface area contributed by atoms with Gasteiger partial charge in [0.05, 0.1) is 0 Å². The Morgan fingerprint density at radius 3 is 1.39 bits per heavy atom. The van der Waals surface area contributed by atoms with Crippen LogP contribution in [0.25, 0.3) is 0 Å². The first kappa shape index (κ1) is 24.9. The van der Waals surface area contributed by atoms with E-state index in [1.807, 2.05) is 99.0 Å². The van der Waals surface area contributed by atoms with Crippen molar-refractivity contribution in [3.63, 3.8) is 0 Å². The molecule has 0 aliphatic heterocycles. The van der Waals surface area contributed by atoms with Gasteiger partial charge in [-0.05, 0) is 46.4 Å². The lowest BCUT2D eigenvalue weighted by Crippen LogP contribution is -2.45. The maximum Gasteiger partial charge on any atom is 0.253 e. The standard InChI is InChI=1S/C32H32N2O2/c1-33(2)30(35)26-19-15-24(16-20-26)23-25-17-21-29(22-18-25)32(31(36)34(3)4,27-11-7-5-8-12-27)28-13-9-6-10-14-28/h5-22H,23H2,1-4H3. The molecule has 0 saturated heterocycles. The third-order valence-electron chi connectivity index (χ3n) is 6.54. The Morgan fingerprint density at radius 1 is 0.556 bits per heavy atom. The van der Waals surface area contributed by atoms with Crippen molar-refractivity contribution in [3.05, 3.63) is 143 Å². The molecule has 0 N–H and O–H groups in total. The van der Waals surface area contributed by atoms with Crippen molar-refractivity contribution in [1.82, 2.24) is 9.80 Å². The lowest BCUT2D eigenvalue weighted by Gasteiger charge is -2.36. The van der Waals surface area contributed by atoms with Crippen LogP contribution in [0.3, 0.4) is 0 Å². The van der Waals surface area contributed by atoms with E-state index in [2.05, 4.69) is 24.3 Å². The largest absolute Gasteiger partial charge is 0.347 e. The fraction of sp³-hybridized carbons (Fsp3) is 0.188. The van der Waals surface area contributed by atoms with E-state index in [0.717, 1.165) is 34.2 Å². The quantitative estimate of drug-likeness (QED) is 0.335. The monoisotopic (exact) mass is 476 g/mol. The zero-order chi connectivity index (χ0) is 25.7. The minimum Gasteiger partial charge on any atom is -0.347 e. The van der Waals surface area contributed by atoms with Gasteiger partial charge in [-0.25, -0.2) is 0 Å². The van der Waals surface area contributed by atoms with Gasteiger partial charge in [-0.1, -0.05) is 97.1 Å². The van der Waals surface area contributed by atoms with Crippen molar-refractivity contribution >= 4 is 11.8 Å². The van der Waals surface area contributed by atoms with Crippen LogP contribution in [0.2, 0.25) is 0 Å². The van der Waals surface area contributed by atoms with E-state index in [-0.39, 0.29) is 11.8 Å². The highest BCUT2D eigenvalue weighted by molar-refractivity contribution is 5.96. The molecule has 0 aliphatic rings. The van der Waals surface area contributed by atoms with Crippen LogP contribution in [0.15, 0.2) is 109 Å². The summed E-state index contributed by atoms with van der Waals surface area (Å²) in [5, 5.41) is 0. The van der Waals surface area contributed by atoms with Crippen molar-refractivity contribution in [1.29, 1.82) is 0 Å². The molecular weight excluding hydrogens is 444 g/mol. The summed E-state index contributed by atoms with van der Waals surface area (Å²) in [7, 11) is 7.12. The van der Waals surface area contributed by atoms with E-state index in [9.17, 15) is 9.59 Å². The molecule has 4 aromatic rings.